The first-order valence-electron chi connectivity index (χ1n) is 2.32. The number of hydrogen-bond acceptors (Lipinski definition) is 1. The second-order valence-corrected chi connectivity index (χ2v) is 1.62. The zero-order valence-corrected chi connectivity index (χ0v) is 3.72. The standard InChI is InChI=1S/C4H9N2/c5-4-2-1-3-6-4/h4H,1-3,5H2. The SMILES string of the molecule is NC1CCC[N]1. The highest BCUT2D eigenvalue weighted by atomic mass is 15.0. The molecule has 0 aliphatic carbocycles. The summed E-state index contributed by atoms with van der Waals surface area (Å²) in [5.74, 6) is 0. The Bertz CT molecular complexity index is 38.8. The summed E-state index contributed by atoms with van der Waals surface area (Å²) >= 11 is 0. The zero-order valence-electron chi connectivity index (χ0n) is 3.72. The number of rotatable bonds is 0. The lowest BCUT2D eigenvalue weighted by molar-refractivity contribution is 0.622. The van der Waals surface area contributed by atoms with Crippen molar-refractivity contribution in [2.45, 2.75) is 19.0 Å². The van der Waals surface area contributed by atoms with E-state index in [0.717, 1.165) is 13.0 Å². The molecule has 2 heteroatoms. The van der Waals surface area contributed by atoms with E-state index in [0.29, 0.717) is 0 Å². The van der Waals surface area contributed by atoms with Crippen molar-refractivity contribution in [2.24, 2.45) is 5.73 Å². The summed E-state index contributed by atoms with van der Waals surface area (Å²) in [5, 5.41) is 4.01. The quantitative estimate of drug-likeness (QED) is 0.430. The second kappa shape index (κ2) is 1.58. The molecular formula is C4H9N2. The van der Waals surface area contributed by atoms with Crippen LogP contribution in [-0.2, 0) is 0 Å². The number of hydrogen-bond donors (Lipinski definition) is 1. The molecule has 0 spiro atoms. The van der Waals surface area contributed by atoms with E-state index in [-0.39, 0.29) is 6.17 Å². The maximum absolute atomic E-state index is 5.37. The summed E-state index contributed by atoms with van der Waals surface area (Å²) < 4.78 is 0. The molecule has 1 aliphatic heterocycles. The third-order valence-corrected chi connectivity index (χ3v) is 1.02. The number of nitrogens with zero attached hydrogens (tertiary/aromatic N) is 1. The van der Waals surface area contributed by atoms with Crippen molar-refractivity contribution in [1.82, 2.24) is 5.32 Å². The first kappa shape index (κ1) is 4.09. The normalized spacial score (nSPS) is 34.5. The van der Waals surface area contributed by atoms with E-state index < -0.39 is 0 Å². The zero-order chi connectivity index (χ0) is 4.41. The summed E-state index contributed by atoms with van der Waals surface area (Å²) in [6.07, 6.45) is 2.46. The van der Waals surface area contributed by atoms with Crippen LogP contribution in [0.25, 0.3) is 0 Å². The lowest BCUT2D eigenvalue weighted by atomic mass is 10.3. The van der Waals surface area contributed by atoms with Gasteiger partial charge in [0.2, 0.25) is 0 Å². The van der Waals surface area contributed by atoms with Crippen molar-refractivity contribution in [3.8, 4) is 0 Å². The van der Waals surface area contributed by atoms with E-state index in [2.05, 4.69) is 5.32 Å². The van der Waals surface area contributed by atoms with Gasteiger partial charge in [-0.1, -0.05) is 0 Å². The van der Waals surface area contributed by atoms with Gasteiger partial charge >= 0.3 is 0 Å². The monoisotopic (exact) mass is 85.1 g/mol. The smallest absolute Gasteiger partial charge is 0.0711 e. The van der Waals surface area contributed by atoms with Crippen LogP contribution in [0.2, 0.25) is 0 Å². The fourth-order valence-corrected chi connectivity index (χ4v) is 0.649. The average molecular weight is 85.1 g/mol. The first-order chi connectivity index (χ1) is 2.89. The molecule has 2 nitrogen and oxygen atoms in total. The Hall–Kier alpha value is -0.0800. The van der Waals surface area contributed by atoms with Crippen molar-refractivity contribution in [2.75, 3.05) is 6.54 Å². The fourth-order valence-electron chi connectivity index (χ4n) is 0.649. The van der Waals surface area contributed by atoms with E-state index in [1.165, 1.54) is 6.42 Å². The minimum Gasteiger partial charge on any atom is -0.315 e. The van der Waals surface area contributed by atoms with Gasteiger partial charge < -0.3 is 5.73 Å². The van der Waals surface area contributed by atoms with Gasteiger partial charge in [0.25, 0.3) is 0 Å². The largest absolute Gasteiger partial charge is 0.315 e. The van der Waals surface area contributed by atoms with Crippen LogP contribution < -0.4 is 11.1 Å². The van der Waals surface area contributed by atoms with Gasteiger partial charge in [-0.3, -0.25) is 0 Å². The molecule has 0 bridgehead atoms. The van der Waals surface area contributed by atoms with Crippen molar-refractivity contribution in [1.29, 1.82) is 0 Å². The molecule has 1 fully saturated rings. The van der Waals surface area contributed by atoms with Gasteiger partial charge in [0, 0.05) is 6.54 Å². The van der Waals surface area contributed by atoms with Crippen LogP contribution in [0, 0.1) is 0 Å². The van der Waals surface area contributed by atoms with Crippen molar-refractivity contribution in [3.05, 3.63) is 0 Å². The average Bonchev–Trinajstić information content (AvgIpc) is 1.86. The molecule has 6 heavy (non-hydrogen) atoms. The van der Waals surface area contributed by atoms with Gasteiger partial charge in [-0.25, -0.2) is 5.32 Å². The van der Waals surface area contributed by atoms with Gasteiger partial charge in [-0.05, 0) is 12.8 Å². The van der Waals surface area contributed by atoms with Gasteiger partial charge in [0.15, 0.2) is 0 Å². The minimum absolute atomic E-state index is 0.171. The van der Waals surface area contributed by atoms with Gasteiger partial charge in [-0.2, -0.15) is 0 Å². The highest BCUT2D eigenvalue weighted by Gasteiger charge is 2.07. The number of nitrogens with two attached hydrogens (primary N) is 1. The summed E-state index contributed by atoms with van der Waals surface area (Å²) in [6, 6.07) is 0. The fraction of sp³-hybridized carbons (Fsp3) is 1.00. The molecule has 1 radical (unpaired) electrons. The van der Waals surface area contributed by atoms with Crippen molar-refractivity contribution < 1.29 is 0 Å². The molecule has 1 unspecified atom stereocenters. The summed E-state index contributed by atoms with van der Waals surface area (Å²) in [6.45, 7) is 0.987. The summed E-state index contributed by atoms with van der Waals surface area (Å²) in [5.41, 5.74) is 5.37. The van der Waals surface area contributed by atoms with Crippen molar-refractivity contribution in [3.63, 3.8) is 0 Å². The summed E-state index contributed by atoms with van der Waals surface area (Å²) in [7, 11) is 0. The lowest BCUT2D eigenvalue weighted by Crippen LogP contribution is -2.24. The molecule has 1 heterocycles. The lowest BCUT2D eigenvalue weighted by Gasteiger charge is -1.93. The van der Waals surface area contributed by atoms with Crippen LogP contribution in [0.5, 0.6) is 0 Å². The molecule has 0 aromatic carbocycles. The predicted octanol–water partition coefficient (Wildman–Crippen LogP) is -0.331. The molecule has 1 aliphatic rings. The van der Waals surface area contributed by atoms with Crippen LogP contribution in [0.4, 0.5) is 0 Å². The molecular weight excluding hydrogens is 76.1 g/mol. The molecule has 0 aromatic rings. The Labute approximate surface area is 37.7 Å². The van der Waals surface area contributed by atoms with Crippen LogP contribution >= 0.6 is 0 Å². The molecule has 2 N–H and O–H groups in total. The van der Waals surface area contributed by atoms with Gasteiger partial charge in [0.05, 0.1) is 6.17 Å². The summed E-state index contributed by atoms with van der Waals surface area (Å²) in [4.78, 5) is 0. The van der Waals surface area contributed by atoms with Crippen LogP contribution in [0.3, 0.4) is 0 Å². The Kier molecular flexibility index (Phi) is 1.08. The molecule has 1 rings (SSSR count). The van der Waals surface area contributed by atoms with Gasteiger partial charge in [-0.15, -0.1) is 0 Å². The predicted molar refractivity (Wildman–Crippen MR) is 24.2 cm³/mol. The molecule has 1 atom stereocenters. The third kappa shape index (κ3) is 0.698. The topological polar surface area (TPSA) is 40.1 Å². The van der Waals surface area contributed by atoms with Crippen LogP contribution in [0.1, 0.15) is 12.8 Å². The second-order valence-electron chi connectivity index (χ2n) is 1.62. The Morgan fingerprint density at radius 1 is 1.67 bits per heavy atom. The first-order valence-corrected chi connectivity index (χ1v) is 2.32. The van der Waals surface area contributed by atoms with E-state index in [9.17, 15) is 0 Å². The molecule has 0 aromatic heterocycles. The van der Waals surface area contributed by atoms with E-state index in [1.807, 2.05) is 0 Å². The highest BCUT2D eigenvalue weighted by molar-refractivity contribution is 4.65. The van der Waals surface area contributed by atoms with E-state index in [4.69, 9.17) is 5.73 Å². The Balaban J connectivity index is 2.18. The molecule has 0 saturated carbocycles. The molecule has 0 amide bonds. The van der Waals surface area contributed by atoms with Crippen LogP contribution in [0.15, 0.2) is 0 Å². The molecule has 1 saturated heterocycles. The highest BCUT2D eigenvalue weighted by Crippen LogP contribution is 1.99. The Morgan fingerprint density at radius 2 is 2.50 bits per heavy atom. The third-order valence-electron chi connectivity index (χ3n) is 1.02. The maximum atomic E-state index is 5.37. The van der Waals surface area contributed by atoms with Gasteiger partial charge in [0.1, 0.15) is 0 Å². The van der Waals surface area contributed by atoms with E-state index in [1.54, 1.807) is 0 Å². The maximum Gasteiger partial charge on any atom is 0.0711 e. The minimum atomic E-state index is 0.171. The Morgan fingerprint density at radius 3 is 2.67 bits per heavy atom. The molecule has 35 valence electrons. The van der Waals surface area contributed by atoms with E-state index >= 15 is 0 Å². The van der Waals surface area contributed by atoms with Crippen molar-refractivity contribution >= 4 is 0 Å². The van der Waals surface area contributed by atoms with Crippen LogP contribution in [-0.4, -0.2) is 12.7 Å².